The number of hydrogen-bond acceptors (Lipinski definition) is 3. The molecule has 2 aromatic carbocycles. The fourth-order valence-electron chi connectivity index (χ4n) is 2.76. The molecule has 2 aromatic rings. The van der Waals surface area contributed by atoms with Crippen LogP contribution in [-0.4, -0.2) is 36.4 Å². The molecule has 0 saturated carbocycles. The standard InChI is InChI=1S/C21H25FN2O3/c1-4-18(21(26)23-3)24(13-16-11-9-15(2)10-12-16)20(25)14-27-19-8-6-5-7-17(19)22/h5-12,18H,4,13-14H2,1-3H3,(H,23,26)/t18-/m0/s1. The predicted octanol–water partition coefficient (Wildman–Crippen LogP) is 3.07. The smallest absolute Gasteiger partial charge is 0.261 e. The van der Waals surface area contributed by atoms with Crippen LogP contribution in [0, 0.1) is 12.7 Å². The van der Waals surface area contributed by atoms with Crippen LogP contribution < -0.4 is 10.1 Å². The molecule has 0 aliphatic rings. The highest BCUT2D eigenvalue weighted by molar-refractivity contribution is 5.88. The van der Waals surface area contributed by atoms with Crippen molar-refractivity contribution in [1.82, 2.24) is 10.2 Å². The number of carbonyl (C=O) groups is 2. The number of rotatable bonds is 8. The van der Waals surface area contributed by atoms with Gasteiger partial charge in [0, 0.05) is 13.6 Å². The van der Waals surface area contributed by atoms with Crippen molar-refractivity contribution >= 4 is 11.8 Å². The van der Waals surface area contributed by atoms with Crippen LogP contribution in [0.3, 0.4) is 0 Å². The first-order chi connectivity index (χ1) is 13.0. The highest BCUT2D eigenvalue weighted by atomic mass is 19.1. The van der Waals surface area contributed by atoms with Gasteiger partial charge in [-0.25, -0.2) is 4.39 Å². The average Bonchev–Trinajstić information content (AvgIpc) is 2.68. The Labute approximate surface area is 159 Å². The van der Waals surface area contributed by atoms with Crippen molar-refractivity contribution in [3.8, 4) is 5.75 Å². The van der Waals surface area contributed by atoms with Crippen LogP contribution in [0.2, 0.25) is 0 Å². The monoisotopic (exact) mass is 372 g/mol. The minimum Gasteiger partial charge on any atom is -0.481 e. The van der Waals surface area contributed by atoms with Crippen molar-refractivity contribution < 1.29 is 18.7 Å². The minimum atomic E-state index is -0.631. The highest BCUT2D eigenvalue weighted by Gasteiger charge is 2.28. The Morgan fingerprint density at radius 2 is 1.81 bits per heavy atom. The highest BCUT2D eigenvalue weighted by Crippen LogP contribution is 2.17. The molecule has 1 N–H and O–H groups in total. The predicted molar refractivity (Wildman–Crippen MR) is 102 cm³/mol. The lowest BCUT2D eigenvalue weighted by molar-refractivity contribution is -0.142. The lowest BCUT2D eigenvalue weighted by Crippen LogP contribution is -2.49. The molecule has 0 heterocycles. The number of likely N-dealkylation sites (N-methyl/N-ethyl adjacent to an activating group) is 1. The summed E-state index contributed by atoms with van der Waals surface area (Å²) < 4.78 is 19.1. The molecule has 0 aromatic heterocycles. The summed E-state index contributed by atoms with van der Waals surface area (Å²) in [5, 5.41) is 2.60. The van der Waals surface area contributed by atoms with Crippen LogP contribution in [0.1, 0.15) is 24.5 Å². The number of carbonyl (C=O) groups excluding carboxylic acids is 2. The summed E-state index contributed by atoms with van der Waals surface area (Å²) >= 11 is 0. The van der Waals surface area contributed by atoms with E-state index in [0.717, 1.165) is 11.1 Å². The largest absolute Gasteiger partial charge is 0.481 e. The van der Waals surface area contributed by atoms with Gasteiger partial charge in [0.2, 0.25) is 5.91 Å². The summed E-state index contributed by atoms with van der Waals surface area (Å²) in [6.45, 7) is 3.74. The summed E-state index contributed by atoms with van der Waals surface area (Å²) in [5.74, 6) is -1.15. The molecule has 144 valence electrons. The molecule has 6 heteroatoms. The summed E-state index contributed by atoms with van der Waals surface area (Å²) in [6.07, 6.45) is 0.455. The Hall–Kier alpha value is -2.89. The number of halogens is 1. The van der Waals surface area contributed by atoms with Crippen LogP contribution in [0.4, 0.5) is 4.39 Å². The first-order valence-electron chi connectivity index (χ1n) is 8.90. The average molecular weight is 372 g/mol. The van der Waals surface area contributed by atoms with E-state index in [9.17, 15) is 14.0 Å². The number of hydrogen-bond donors (Lipinski definition) is 1. The Bertz CT molecular complexity index is 777. The van der Waals surface area contributed by atoms with Gasteiger partial charge in [0.05, 0.1) is 0 Å². The van der Waals surface area contributed by atoms with E-state index in [2.05, 4.69) is 5.32 Å². The molecule has 0 bridgehead atoms. The van der Waals surface area contributed by atoms with Gasteiger partial charge in [-0.2, -0.15) is 0 Å². The van der Waals surface area contributed by atoms with Gasteiger partial charge in [-0.1, -0.05) is 48.9 Å². The van der Waals surface area contributed by atoms with Gasteiger partial charge in [0.15, 0.2) is 18.2 Å². The third kappa shape index (κ3) is 5.54. The summed E-state index contributed by atoms with van der Waals surface area (Å²) in [4.78, 5) is 26.6. The zero-order valence-electron chi connectivity index (χ0n) is 15.9. The zero-order valence-corrected chi connectivity index (χ0v) is 15.9. The third-order valence-corrected chi connectivity index (χ3v) is 4.29. The SMILES string of the molecule is CC[C@@H](C(=O)NC)N(Cc1ccc(C)cc1)C(=O)COc1ccccc1F. The Morgan fingerprint density at radius 3 is 2.41 bits per heavy atom. The van der Waals surface area contributed by atoms with Gasteiger partial charge >= 0.3 is 0 Å². The first-order valence-corrected chi connectivity index (χ1v) is 8.90. The van der Waals surface area contributed by atoms with Crippen molar-refractivity contribution in [2.45, 2.75) is 32.9 Å². The van der Waals surface area contributed by atoms with Crippen molar-refractivity contribution in [2.24, 2.45) is 0 Å². The van der Waals surface area contributed by atoms with Crippen molar-refractivity contribution in [1.29, 1.82) is 0 Å². The topological polar surface area (TPSA) is 58.6 Å². The second-order valence-electron chi connectivity index (χ2n) is 6.26. The van der Waals surface area contributed by atoms with E-state index in [1.165, 1.54) is 24.1 Å². The van der Waals surface area contributed by atoms with Gasteiger partial charge in [-0.15, -0.1) is 0 Å². The molecule has 0 radical (unpaired) electrons. The van der Waals surface area contributed by atoms with E-state index < -0.39 is 11.9 Å². The van der Waals surface area contributed by atoms with Crippen LogP contribution >= 0.6 is 0 Å². The van der Waals surface area contributed by atoms with E-state index in [-0.39, 0.29) is 30.7 Å². The lowest BCUT2D eigenvalue weighted by atomic mass is 10.1. The van der Waals surface area contributed by atoms with Gasteiger partial charge < -0.3 is 15.0 Å². The maximum atomic E-state index is 13.7. The fourth-order valence-corrected chi connectivity index (χ4v) is 2.76. The third-order valence-electron chi connectivity index (χ3n) is 4.29. The molecule has 2 amide bonds. The van der Waals surface area contributed by atoms with Gasteiger partial charge in [-0.05, 0) is 31.0 Å². The number of aryl methyl sites for hydroxylation is 1. The molecule has 2 rings (SSSR count). The molecular formula is C21H25FN2O3. The molecule has 0 aliphatic heterocycles. The van der Waals surface area contributed by atoms with Crippen LogP contribution in [-0.2, 0) is 16.1 Å². The van der Waals surface area contributed by atoms with E-state index >= 15 is 0 Å². The van der Waals surface area contributed by atoms with Crippen LogP contribution in [0.5, 0.6) is 5.75 Å². The normalized spacial score (nSPS) is 11.6. The van der Waals surface area contributed by atoms with Crippen molar-refractivity contribution in [3.05, 3.63) is 65.5 Å². The molecule has 0 aliphatic carbocycles. The van der Waals surface area contributed by atoms with E-state index in [1.807, 2.05) is 38.1 Å². The molecule has 0 saturated heterocycles. The maximum absolute atomic E-state index is 13.7. The molecule has 5 nitrogen and oxygen atoms in total. The number of benzene rings is 2. The van der Waals surface area contributed by atoms with E-state index in [4.69, 9.17) is 4.74 Å². The lowest BCUT2D eigenvalue weighted by Gasteiger charge is -2.30. The Kier molecular flexibility index (Phi) is 7.34. The van der Waals surface area contributed by atoms with Gasteiger partial charge in [-0.3, -0.25) is 9.59 Å². The number of nitrogens with zero attached hydrogens (tertiary/aromatic N) is 1. The van der Waals surface area contributed by atoms with E-state index in [0.29, 0.717) is 6.42 Å². The quantitative estimate of drug-likeness (QED) is 0.775. The first kappa shape index (κ1) is 20.4. The molecule has 0 fully saturated rings. The summed E-state index contributed by atoms with van der Waals surface area (Å²) in [7, 11) is 1.54. The summed E-state index contributed by atoms with van der Waals surface area (Å²) in [6, 6.07) is 13.0. The second-order valence-corrected chi connectivity index (χ2v) is 6.26. The summed E-state index contributed by atoms with van der Waals surface area (Å²) in [5.41, 5.74) is 2.01. The number of nitrogens with one attached hydrogen (secondary N) is 1. The maximum Gasteiger partial charge on any atom is 0.261 e. The number of ether oxygens (including phenoxy) is 1. The molecule has 0 spiro atoms. The van der Waals surface area contributed by atoms with Gasteiger partial charge in [0.25, 0.3) is 5.91 Å². The molecule has 0 unspecified atom stereocenters. The number of para-hydroxylation sites is 1. The molecule has 1 atom stereocenters. The number of amides is 2. The van der Waals surface area contributed by atoms with E-state index in [1.54, 1.807) is 12.1 Å². The zero-order chi connectivity index (χ0) is 19.8. The van der Waals surface area contributed by atoms with Gasteiger partial charge in [0.1, 0.15) is 6.04 Å². The minimum absolute atomic E-state index is 0.00845. The van der Waals surface area contributed by atoms with Crippen molar-refractivity contribution in [3.63, 3.8) is 0 Å². The van der Waals surface area contributed by atoms with Crippen molar-refractivity contribution in [2.75, 3.05) is 13.7 Å². The molecule has 27 heavy (non-hydrogen) atoms. The van der Waals surface area contributed by atoms with Crippen LogP contribution in [0.15, 0.2) is 48.5 Å². The van der Waals surface area contributed by atoms with Crippen LogP contribution in [0.25, 0.3) is 0 Å². The Balaban J connectivity index is 2.19. The fraction of sp³-hybridized carbons (Fsp3) is 0.333. The Morgan fingerprint density at radius 1 is 1.15 bits per heavy atom. The second kappa shape index (κ2) is 9.71. The molecular weight excluding hydrogens is 347 g/mol.